The summed E-state index contributed by atoms with van der Waals surface area (Å²) >= 11 is 0. The number of hydrogen-bond acceptors (Lipinski definition) is 12. The van der Waals surface area contributed by atoms with Crippen LogP contribution in [0.4, 0.5) is 39.8 Å². The number of hydrogen-bond donors (Lipinski definition) is 4. The molecular formula is C66H84F3N9O11. The van der Waals surface area contributed by atoms with Crippen LogP contribution in [-0.4, -0.2) is 179 Å². The lowest BCUT2D eigenvalue weighted by atomic mass is 9.71. The van der Waals surface area contributed by atoms with Gasteiger partial charge in [0.05, 0.1) is 30.7 Å². The monoisotopic (exact) mass is 1240 g/mol. The van der Waals surface area contributed by atoms with Gasteiger partial charge < -0.3 is 45.1 Å². The third-order valence-electron chi connectivity index (χ3n) is 18.7. The molecule has 0 aliphatic carbocycles. The summed E-state index contributed by atoms with van der Waals surface area (Å²) < 4.78 is 61.7. The molecule has 4 aromatic carbocycles. The number of halogens is 3. The molecule has 7 amide bonds. The fourth-order valence-corrected chi connectivity index (χ4v) is 12.7. The molecule has 0 bridgehead atoms. The number of piperazine rings is 1. The van der Waals surface area contributed by atoms with Crippen molar-refractivity contribution in [2.45, 2.75) is 142 Å². The van der Waals surface area contributed by atoms with Gasteiger partial charge in [-0.1, -0.05) is 57.2 Å². The molecule has 3 saturated heterocycles. The number of fused-ring (bicyclic) bond motifs is 2. The number of morpholine rings is 1. The van der Waals surface area contributed by atoms with Crippen LogP contribution >= 0.6 is 0 Å². The molecule has 5 aliphatic rings. The summed E-state index contributed by atoms with van der Waals surface area (Å²) in [6.45, 7) is 20.8. The van der Waals surface area contributed by atoms with Crippen LogP contribution in [0.25, 0.3) is 0 Å². The summed E-state index contributed by atoms with van der Waals surface area (Å²) in [5, 5.41) is 19.0. The molecule has 480 valence electrons. The molecule has 9 rings (SSSR count). The first kappa shape index (κ1) is 65.8. The van der Waals surface area contributed by atoms with Crippen LogP contribution in [0.3, 0.4) is 0 Å². The number of ether oxygens (including phenoxy) is 3. The van der Waals surface area contributed by atoms with Gasteiger partial charge in [-0.25, -0.2) is 22.8 Å². The average molecular weight is 1240 g/mol. The van der Waals surface area contributed by atoms with E-state index in [1.165, 1.54) is 42.0 Å². The Morgan fingerprint density at radius 2 is 1.51 bits per heavy atom. The summed E-state index contributed by atoms with van der Waals surface area (Å²) in [4.78, 5) is 111. The fourth-order valence-electron chi connectivity index (χ4n) is 12.7. The number of para-hydroxylation sites is 1. The van der Waals surface area contributed by atoms with Gasteiger partial charge in [0, 0.05) is 83.0 Å². The molecule has 5 heterocycles. The Labute approximate surface area is 518 Å². The number of anilines is 3. The summed E-state index contributed by atoms with van der Waals surface area (Å²) in [5.41, 5.74) is -1.10. The lowest BCUT2D eigenvalue weighted by Gasteiger charge is -2.57. The van der Waals surface area contributed by atoms with Crippen molar-refractivity contribution in [3.63, 3.8) is 0 Å². The highest BCUT2D eigenvalue weighted by Gasteiger charge is 2.54. The highest BCUT2D eigenvalue weighted by molar-refractivity contribution is 6.07. The Bertz CT molecular complexity index is 3330. The molecule has 0 saturated carbocycles. The van der Waals surface area contributed by atoms with E-state index < -0.39 is 111 Å². The van der Waals surface area contributed by atoms with Gasteiger partial charge in [0.25, 0.3) is 5.91 Å². The van der Waals surface area contributed by atoms with Crippen LogP contribution in [0.2, 0.25) is 0 Å². The molecule has 5 unspecified atom stereocenters. The highest BCUT2D eigenvalue weighted by atomic mass is 19.1. The highest BCUT2D eigenvalue weighted by Crippen LogP contribution is 2.45. The van der Waals surface area contributed by atoms with Gasteiger partial charge in [-0.15, -0.1) is 0 Å². The quantitative estimate of drug-likeness (QED) is 0.0880. The van der Waals surface area contributed by atoms with E-state index in [0.717, 1.165) is 34.2 Å². The first-order valence-corrected chi connectivity index (χ1v) is 30.5. The van der Waals surface area contributed by atoms with Crippen molar-refractivity contribution in [2.24, 2.45) is 11.3 Å². The second-order valence-electron chi connectivity index (χ2n) is 26.9. The standard InChI is InChI=1S/C66H84F3N9O11/c1-39-36-88-28-25-74(39)33-47-34-78(61(84)85)66(10,63(3,4)5)38-75(47)35-53(79)77-37-65(9,49-22-17-42(30-52(49)77)29-41-15-19-45(67)20-16-41)60(83)70-46-21-18-44-32-76(56(48(44)31-46)58(81)72-55-50(68)13-12-14-51(55)69)59(82)54(43-23-26-87-27-24-43)71-57(80)40(2)73(11)62(86)89-64(6,7)8/h12-22,30-31,39-40,43,47,54,56H,23-29,32-38H2,1-11H3,(H,70,83)(H,71,80)(H,72,81)(H,84,85)/t39?,40?,47-,54?,56?,65?,66-/m0/s1. The number of carbonyl (C=O) groups excluding carboxylic acids is 6. The Kier molecular flexibility index (Phi) is 19.3. The van der Waals surface area contributed by atoms with Crippen molar-refractivity contribution in [3.8, 4) is 0 Å². The first-order chi connectivity index (χ1) is 41.9. The SMILES string of the molecule is CC1COCCN1C[C@H]1CN(C(=O)O)[C@](C)(C(C)(C)C)CN1CC(=O)N1CC(C)(C(=O)Nc2ccc3c(c2)C(C(=O)Nc2c(F)cccc2F)N(C(=O)C(NC(=O)C(C)N(C)C(=O)OC(C)(C)C)C2CCOCC2)C3)c2ccc(Cc3ccc(F)cc3)cc21. The fraction of sp³-hybridized carbons (Fsp3) is 0.530. The average Bonchev–Trinajstić information content (AvgIpc) is 1.78. The van der Waals surface area contributed by atoms with Gasteiger partial charge in [-0.2, -0.15) is 0 Å². The van der Waals surface area contributed by atoms with E-state index in [1.54, 1.807) is 56.9 Å². The van der Waals surface area contributed by atoms with Crippen molar-refractivity contribution in [3.05, 3.63) is 124 Å². The molecule has 23 heteroatoms. The number of nitrogens with one attached hydrogen (secondary N) is 3. The topological polar surface area (TPSA) is 223 Å². The molecule has 0 spiro atoms. The number of benzene rings is 4. The minimum Gasteiger partial charge on any atom is -0.465 e. The minimum absolute atomic E-state index is 0.0448. The zero-order valence-electron chi connectivity index (χ0n) is 52.7. The van der Waals surface area contributed by atoms with Crippen LogP contribution in [0.15, 0.2) is 78.9 Å². The lowest BCUT2D eigenvalue weighted by Crippen LogP contribution is -2.72. The predicted molar refractivity (Wildman–Crippen MR) is 327 cm³/mol. The van der Waals surface area contributed by atoms with Crippen LogP contribution < -0.4 is 20.9 Å². The summed E-state index contributed by atoms with van der Waals surface area (Å²) in [7, 11) is 1.40. The van der Waals surface area contributed by atoms with E-state index >= 15 is 23.2 Å². The van der Waals surface area contributed by atoms with Crippen molar-refractivity contribution in [1.29, 1.82) is 0 Å². The largest absolute Gasteiger partial charge is 0.465 e. The molecule has 4 aromatic rings. The van der Waals surface area contributed by atoms with E-state index in [0.29, 0.717) is 62.4 Å². The molecule has 5 aliphatic heterocycles. The van der Waals surface area contributed by atoms with Crippen LogP contribution in [-0.2, 0) is 56.6 Å². The summed E-state index contributed by atoms with van der Waals surface area (Å²) in [5.74, 6) is -6.27. The van der Waals surface area contributed by atoms with Crippen LogP contribution in [0.5, 0.6) is 0 Å². The zero-order chi connectivity index (χ0) is 64.7. The Morgan fingerprint density at radius 3 is 2.15 bits per heavy atom. The van der Waals surface area contributed by atoms with Crippen LogP contribution in [0.1, 0.15) is 116 Å². The van der Waals surface area contributed by atoms with Crippen molar-refractivity contribution < 1.29 is 66.1 Å². The third kappa shape index (κ3) is 14.1. The Morgan fingerprint density at radius 1 is 0.831 bits per heavy atom. The third-order valence-corrected chi connectivity index (χ3v) is 18.7. The molecule has 89 heavy (non-hydrogen) atoms. The Balaban J connectivity index is 1.04. The van der Waals surface area contributed by atoms with E-state index in [4.69, 9.17) is 14.2 Å². The second kappa shape index (κ2) is 26.1. The maximum absolute atomic E-state index is 15.4. The van der Waals surface area contributed by atoms with E-state index in [1.807, 2.05) is 45.9 Å². The second-order valence-corrected chi connectivity index (χ2v) is 26.9. The number of rotatable bonds is 15. The number of amides is 7. The van der Waals surface area contributed by atoms with Gasteiger partial charge in [0.1, 0.15) is 46.9 Å². The van der Waals surface area contributed by atoms with E-state index in [-0.39, 0.29) is 69.1 Å². The molecule has 7 atom stereocenters. The molecular weight excluding hydrogens is 1150 g/mol. The summed E-state index contributed by atoms with van der Waals surface area (Å²) in [6.07, 6.45) is -0.765. The Hall–Kier alpha value is -7.60. The van der Waals surface area contributed by atoms with E-state index in [2.05, 4.69) is 32.7 Å². The van der Waals surface area contributed by atoms with Crippen molar-refractivity contribution >= 4 is 58.8 Å². The van der Waals surface area contributed by atoms with E-state index in [9.17, 15) is 28.7 Å². The van der Waals surface area contributed by atoms with Gasteiger partial charge in [0.15, 0.2) is 0 Å². The maximum Gasteiger partial charge on any atom is 0.410 e. The van der Waals surface area contributed by atoms with Gasteiger partial charge >= 0.3 is 12.2 Å². The molecule has 20 nitrogen and oxygen atoms in total. The number of carboxylic acid groups (broad SMARTS) is 1. The normalized spacial score (nSPS) is 23.2. The minimum atomic E-state index is -1.57. The van der Waals surface area contributed by atoms with Gasteiger partial charge in [-0.05, 0) is 149 Å². The molecule has 0 radical (unpaired) electrons. The number of likely N-dealkylation sites (N-methyl/N-ethyl adjacent to an activating group) is 1. The van der Waals surface area contributed by atoms with Crippen LogP contribution in [0, 0.1) is 28.8 Å². The van der Waals surface area contributed by atoms with Crippen molar-refractivity contribution in [1.82, 2.24) is 29.8 Å². The first-order valence-electron chi connectivity index (χ1n) is 30.5. The van der Waals surface area contributed by atoms with Crippen molar-refractivity contribution in [2.75, 3.05) is 88.3 Å². The molecule has 0 aromatic heterocycles. The lowest BCUT2D eigenvalue weighted by molar-refractivity contribution is -0.144. The summed E-state index contributed by atoms with van der Waals surface area (Å²) in [6, 6.07) is 15.2. The predicted octanol–water partition coefficient (Wildman–Crippen LogP) is 8.32. The zero-order valence-corrected chi connectivity index (χ0v) is 52.7. The smallest absolute Gasteiger partial charge is 0.410 e. The number of nitrogens with zero attached hydrogens (tertiary/aromatic N) is 6. The molecule has 3 fully saturated rings. The molecule has 4 N–H and O–H groups in total. The van der Waals surface area contributed by atoms with Gasteiger partial charge in [0.2, 0.25) is 23.6 Å². The number of carbonyl (C=O) groups is 7. The maximum atomic E-state index is 15.4. The van der Waals surface area contributed by atoms with Gasteiger partial charge in [-0.3, -0.25) is 43.6 Å².